The standard InChI is InChI=1S/C18H13ClINO2/c1-11(22)16(10-21)17(13-3-2-4-15(20)9-13)18(23)12-5-7-14(19)8-6-12/h2-9,16-17H,1H3. The summed E-state index contributed by atoms with van der Waals surface area (Å²) < 4.78 is 0.939. The van der Waals surface area contributed by atoms with Gasteiger partial charge in [-0.25, -0.2) is 0 Å². The van der Waals surface area contributed by atoms with Crippen LogP contribution in [0.1, 0.15) is 28.8 Å². The summed E-state index contributed by atoms with van der Waals surface area (Å²) in [6.45, 7) is 1.34. The molecule has 0 aromatic heterocycles. The molecular weight excluding hydrogens is 425 g/mol. The average Bonchev–Trinajstić information content (AvgIpc) is 2.52. The smallest absolute Gasteiger partial charge is 0.172 e. The van der Waals surface area contributed by atoms with Crippen LogP contribution in [0.5, 0.6) is 0 Å². The van der Waals surface area contributed by atoms with Crippen LogP contribution in [0.3, 0.4) is 0 Å². The summed E-state index contributed by atoms with van der Waals surface area (Å²) in [5.74, 6) is -2.42. The molecule has 0 saturated carbocycles. The molecule has 5 heteroatoms. The van der Waals surface area contributed by atoms with E-state index in [0.29, 0.717) is 16.1 Å². The molecule has 0 aliphatic carbocycles. The zero-order chi connectivity index (χ0) is 17.0. The van der Waals surface area contributed by atoms with Gasteiger partial charge in [-0.3, -0.25) is 9.59 Å². The first-order valence-corrected chi connectivity index (χ1v) is 8.35. The van der Waals surface area contributed by atoms with E-state index in [0.717, 1.165) is 3.57 Å². The van der Waals surface area contributed by atoms with E-state index >= 15 is 0 Å². The van der Waals surface area contributed by atoms with Gasteiger partial charge < -0.3 is 0 Å². The van der Waals surface area contributed by atoms with Crippen molar-refractivity contribution in [3.05, 3.63) is 68.3 Å². The minimum Gasteiger partial charge on any atom is -0.299 e. The molecule has 23 heavy (non-hydrogen) atoms. The lowest BCUT2D eigenvalue weighted by Crippen LogP contribution is -2.26. The van der Waals surface area contributed by atoms with Crippen molar-refractivity contribution in [2.24, 2.45) is 5.92 Å². The lowest BCUT2D eigenvalue weighted by atomic mass is 9.79. The van der Waals surface area contributed by atoms with Gasteiger partial charge in [0.15, 0.2) is 5.78 Å². The number of hydrogen-bond donors (Lipinski definition) is 0. The monoisotopic (exact) mass is 437 g/mol. The molecule has 3 nitrogen and oxygen atoms in total. The number of hydrogen-bond acceptors (Lipinski definition) is 3. The summed E-state index contributed by atoms with van der Waals surface area (Å²) in [5.41, 5.74) is 1.10. The fraction of sp³-hybridized carbons (Fsp3) is 0.167. The molecule has 2 unspecified atom stereocenters. The first-order chi connectivity index (χ1) is 10.9. The van der Waals surface area contributed by atoms with Crippen LogP contribution >= 0.6 is 34.2 Å². The molecule has 0 spiro atoms. The Hall–Kier alpha value is -1.71. The van der Waals surface area contributed by atoms with Crippen molar-refractivity contribution in [1.29, 1.82) is 5.26 Å². The van der Waals surface area contributed by atoms with Crippen LogP contribution in [0.25, 0.3) is 0 Å². The Bertz CT molecular complexity index is 780. The minimum atomic E-state index is -1.02. The minimum absolute atomic E-state index is 0.259. The number of benzene rings is 2. The highest BCUT2D eigenvalue weighted by molar-refractivity contribution is 14.1. The van der Waals surface area contributed by atoms with Gasteiger partial charge in [0.2, 0.25) is 0 Å². The Balaban J connectivity index is 2.53. The fourth-order valence-electron chi connectivity index (χ4n) is 2.39. The number of nitrogens with zero attached hydrogens (tertiary/aromatic N) is 1. The van der Waals surface area contributed by atoms with Gasteiger partial charge in [0.05, 0.1) is 12.0 Å². The van der Waals surface area contributed by atoms with Crippen molar-refractivity contribution >= 4 is 45.8 Å². The molecule has 2 aromatic carbocycles. The molecular formula is C18H13ClINO2. The predicted molar refractivity (Wildman–Crippen MR) is 97.5 cm³/mol. The Kier molecular flexibility index (Phi) is 5.91. The van der Waals surface area contributed by atoms with Gasteiger partial charge in [-0.1, -0.05) is 23.7 Å². The number of halogens is 2. The Morgan fingerprint density at radius 1 is 1.17 bits per heavy atom. The molecule has 0 fully saturated rings. The van der Waals surface area contributed by atoms with Crippen LogP contribution in [-0.2, 0) is 4.79 Å². The van der Waals surface area contributed by atoms with Crippen LogP contribution in [-0.4, -0.2) is 11.6 Å². The van der Waals surface area contributed by atoms with E-state index in [4.69, 9.17) is 11.6 Å². The van der Waals surface area contributed by atoms with Crippen molar-refractivity contribution in [3.8, 4) is 6.07 Å². The third kappa shape index (κ3) is 4.18. The number of carbonyl (C=O) groups is 2. The normalized spacial score (nSPS) is 13.0. The molecule has 2 atom stereocenters. The first-order valence-electron chi connectivity index (χ1n) is 6.89. The van der Waals surface area contributed by atoms with E-state index in [-0.39, 0.29) is 11.6 Å². The predicted octanol–water partition coefficient (Wildman–Crippen LogP) is 4.64. The summed E-state index contributed by atoms with van der Waals surface area (Å²) in [6.07, 6.45) is 0. The highest BCUT2D eigenvalue weighted by Gasteiger charge is 2.33. The molecule has 116 valence electrons. The van der Waals surface area contributed by atoms with Crippen molar-refractivity contribution in [2.45, 2.75) is 12.8 Å². The average molecular weight is 438 g/mol. The number of rotatable bonds is 5. The van der Waals surface area contributed by atoms with Gasteiger partial charge in [0.25, 0.3) is 0 Å². The van der Waals surface area contributed by atoms with Gasteiger partial charge in [-0.2, -0.15) is 5.26 Å². The summed E-state index contributed by atoms with van der Waals surface area (Å²) >= 11 is 7.99. The highest BCUT2D eigenvalue weighted by Crippen LogP contribution is 2.30. The van der Waals surface area contributed by atoms with Crippen LogP contribution < -0.4 is 0 Å². The van der Waals surface area contributed by atoms with Crippen molar-refractivity contribution in [3.63, 3.8) is 0 Å². The topological polar surface area (TPSA) is 57.9 Å². The van der Waals surface area contributed by atoms with E-state index in [1.807, 2.05) is 24.3 Å². The van der Waals surface area contributed by atoms with Gasteiger partial charge in [0, 0.05) is 14.2 Å². The maximum atomic E-state index is 12.9. The Morgan fingerprint density at radius 3 is 2.35 bits per heavy atom. The van der Waals surface area contributed by atoms with Crippen molar-refractivity contribution in [2.75, 3.05) is 0 Å². The molecule has 0 radical (unpaired) electrons. The van der Waals surface area contributed by atoms with E-state index in [1.54, 1.807) is 30.3 Å². The first kappa shape index (κ1) is 17.6. The van der Waals surface area contributed by atoms with Gasteiger partial charge in [-0.05, 0) is 71.5 Å². The van der Waals surface area contributed by atoms with Crippen molar-refractivity contribution in [1.82, 2.24) is 0 Å². The van der Waals surface area contributed by atoms with E-state index < -0.39 is 11.8 Å². The lowest BCUT2D eigenvalue weighted by Gasteiger charge is -2.20. The number of carbonyl (C=O) groups excluding carboxylic acids is 2. The van der Waals surface area contributed by atoms with Crippen LogP contribution in [0.2, 0.25) is 5.02 Å². The van der Waals surface area contributed by atoms with Gasteiger partial charge in [-0.15, -0.1) is 0 Å². The molecule has 0 saturated heterocycles. The fourth-order valence-corrected chi connectivity index (χ4v) is 3.08. The van der Waals surface area contributed by atoms with Crippen LogP contribution in [0, 0.1) is 20.8 Å². The van der Waals surface area contributed by atoms with Crippen LogP contribution in [0.4, 0.5) is 0 Å². The Labute approximate surface area is 153 Å². The summed E-state index contributed by atoms with van der Waals surface area (Å²) in [6, 6.07) is 15.7. The van der Waals surface area contributed by atoms with Crippen molar-refractivity contribution < 1.29 is 9.59 Å². The molecule has 2 aromatic rings. The second-order valence-electron chi connectivity index (χ2n) is 5.12. The summed E-state index contributed by atoms with van der Waals surface area (Å²) in [5, 5.41) is 9.92. The molecule has 2 rings (SSSR count). The third-order valence-electron chi connectivity index (χ3n) is 3.53. The largest absolute Gasteiger partial charge is 0.299 e. The SMILES string of the molecule is CC(=O)C(C#N)C(C(=O)c1ccc(Cl)cc1)c1cccc(I)c1. The maximum absolute atomic E-state index is 12.9. The van der Waals surface area contributed by atoms with E-state index in [2.05, 4.69) is 22.6 Å². The molecule has 0 heterocycles. The molecule has 0 N–H and O–H groups in total. The van der Waals surface area contributed by atoms with Crippen LogP contribution in [0.15, 0.2) is 48.5 Å². The summed E-state index contributed by atoms with van der Waals surface area (Å²) in [4.78, 5) is 24.8. The molecule has 0 aliphatic rings. The number of ketones is 2. The highest BCUT2D eigenvalue weighted by atomic mass is 127. The van der Waals surface area contributed by atoms with Gasteiger partial charge in [0.1, 0.15) is 11.7 Å². The molecule has 0 aliphatic heterocycles. The lowest BCUT2D eigenvalue weighted by molar-refractivity contribution is -0.119. The summed E-state index contributed by atoms with van der Waals surface area (Å²) in [7, 11) is 0. The second-order valence-corrected chi connectivity index (χ2v) is 6.80. The number of Topliss-reactive ketones (excluding diaryl/α,β-unsaturated/α-hetero) is 2. The molecule has 0 amide bonds. The number of nitriles is 1. The maximum Gasteiger partial charge on any atom is 0.172 e. The van der Waals surface area contributed by atoms with Gasteiger partial charge >= 0.3 is 0 Å². The molecule has 0 bridgehead atoms. The second kappa shape index (κ2) is 7.71. The quantitative estimate of drug-likeness (QED) is 0.506. The Morgan fingerprint density at radius 2 is 1.83 bits per heavy atom. The van der Waals surface area contributed by atoms with E-state index in [9.17, 15) is 14.9 Å². The zero-order valence-corrected chi connectivity index (χ0v) is 15.2. The zero-order valence-electron chi connectivity index (χ0n) is 12.3. The third-order valence-corrected chi connectivity index (χ3v) is 4.45. The van der Waals surface area contributed by atoms with E-state index in [1.165, 1.54) is 6.92 Å².